The number of aryl methyl sites for hydroxylation is 2. The number of carbonyl (C=O) groups is 2. The summed E-state index contributed by atoms with van der Waals surface area (Å²) in [7, 11) is 0. The lowest BCUT2D eigenvalue weighted by molar-refractivity contribution is 0.0996. The molecule has 1 saturated heterocycles. The lowest BCUT2D eigenvalue weighted by Crippen LogP contribution is -2.22. The van der Waals surface area contributed by atoms with E-state index in [1.165, 1.54) is 21.8 Å². The van der Waals surface area contributed by atoms with Crippen LogP contribution in [-0.2, 0) is 6.42 Å². The maximum Gasteiger partial charge on any atom is 0.265 e. The highest BCUT2D eigenvalue weighted by molar-refractivity contribution is 7.14. The Morgan fingerprint density at radius 2 is 1.96 bits per heavy atom. The number of thiophene rings is 1. The molecule has 0 aliphatic carbocycles. The van der Waals surface area contributed by atoms with Crippen LogP contribution in [0, 0.1) is 6.92 Å². The summed E-state index contributed by atoms with van der Waals surface area (Å²) in [6.07, 6.45) is 3.18. The number of hydrogen-bond donors (Lipinski definition) is 2. The smallest absolute Gasteiger partial charge is 0.265 e. The van der Waals surface area contributed by atoms with Crippen molar-refractivity contribution in [2.24, 2.45) is 5.73 Å². The first-order chi connectivity index (χ1) is 12.0. The molecule has 1 aliphatic heterocycles. The van der Waals surface area contributed by atoms with E-state index in [1.807, 2.05) is 19.1 Å². The lowest BCUT2D eigenvalue weighted by atomic mass is 10.1. The molecule has 0 saturated carbocycles. The van der Waals surface area contributed by atoms with Gasteiger partial charge < -0.3 is 16.0 Å². The zero-order chi connectivity index (χ0) is 18.0. The minimum atomic E-state index is -0.497. The lowest BCUT2D eigenvalue weighted by Gasteiger charge is -2.22. The summed E-state index contributed by atoms with van der Waals surface area (Å²) in [4.78, 5) is 28.3. The van der Waals surface area contributed by atoms with Gasteiger partial charge in [-0.15, -0.1) is 11.3 Å². The van der Waals surface area contributed by atoms with Gasteiger partial charge in [0.2, 0.25) is 5.91 Å². The second-order valence-corrected chi connectivity index (χ2v) is 7.55. The minimum absolute atomic E-state index is 0.144. The van der Waals surface area contributed by atoms with Crippen molar-refractivity contribution in [1.29, 1.82) is 0 Å². The summed E-state index contributed by atoms with van der Waals surface area (Å²) in [5.74, 6) is -0.640. The Kier molecular flexibility index (Phi) is 5.08. The number of carbonyl (C=O) groups excluding carboxylic acids is 2. The Morgan fingerprint density at radius 1 is 1.24 bits per heavy atom. The fraction of sp³-hybridized carbons (Fsp3) is 0.368. The maximum absolute atomic E-state index is 12.7. The van der Waals surface area contributed by atoms with Crippen molar-refractivity contribution < 1.29 is 9.59 Å². The Hall–Kier alpha value is -2.34. The van der Waals surface area contributed by atoms with Crippen LogP contribution in [0.2, 0.25) is 0 Å². The van der Waals surface area contributed by atoms with Gasteiger partial charge in [0.25, 0.3) is 5.91 Å². The van der Waals surface area contributed by atoms with E-state index in [0.717, 1.165) is 38.0 Å². The van der Waals surface area contributed by atoms with E-state index in [9.17, 15) is 9.59 Å². The van der Waals surface area contributed by atoms with Crippen molar-refractivity contribution in [3.8, 4) is 0 Å². The summed E-state index contributed by atoms with van der Waals surface area (Å²) in [6, 6.07) is 7.21. The Balaban J connectivity index is 1.91. The molecule has 0 unspecified atom stereocenters. The molecule has 1 aliphatic rings. The topological polar surface area (TPSA) is 75.4 Å². The van der Waals surface area contributed by atoms with E-state index >= 15 is 0 Å². The van der Waals surface area contributed by atoms with Crippen LogP contribution in [0.4, 0.5) is 11.4 Å². The number of nitrogens with two attached hydrogens (primary N) is 1. The fourth-order valence-electron chi connectivity index (χ4n) is 3.19. The fourth-order valence-corrected chi connectivity index (χ4v) is 4.20. The number of nitrogens with zero attached hydrogens (tertiary/aromatic N) is 1. The van der Waals surface area contributed by atoms with Gasteiger partial charge in [-0.25, -0.2) is 0 Å². The highest BCUT2D eigenvalue weighted by Gasteiger charge is 2.20. The van der Waals surface area contributed by atoms with E-state index in [2.05, 4.69) is 17.1 Å². The standard InChI is InChI=1S/C19H23N3O2S/c1-3-13-11-17(25-12(13)2)19(24)21-15-10-14(18(20)23)6-7-16(15)22-8-4-5-9-22/h6-7,10-11H,3-5,8-9H2,1-2H3,(H2,20,23)(H,21,24). The average molecular weight is 357 g/mol. The van der Waals surface area contributed by atoms with Crippen LogP contribution in [-0.4, -0.2) is 24.9 Å². The number of benzene rings is 1. The molecule has 1 fully saturated rings. The number of amides is 2. The third kappa shape index (κ3) is 3.69. The number of rotatable bonds is 5. The first-order valence-electron chi connectivity index (χ1n) is 8.59. The highest BCUT2D eigenvalue weighted by Crippen LogP contribution is 2.31. The first kappa shape index (κ1) is 17.5. The third-order valence-electron chi connectivity index (χ3n) is 4.60. The Labute approximate surface area is 151 Å². The van der Waals surface area contributed by atoms with Crippen molar-refractivity contribution in [3.05, 3.63) is 45.1 Å². The average Bonchev–Trinajstić information content (AvgIpc) is 3.24. The van der Waals surface area contributed by atoms with Crippen molar-refractivity contribution in [2.45, 2.75) is 33.1 Å². The molecule has 0 atom stereocenters. The van der Waals surface area contributed by atoms with Crippen LogP contribution in [0.1, 0.15) is 50.2 Å². The minimum Gasteiger partial charge on any atom is -0.370 e. The zero-order valence-corrected chi connectivity index (χ0v) is 15.4. The van der Waals surface area contributed by atoms with Gasteiger partial charge in [-0.3, -0.25) is 9.59 Å². The molecule has 2 heterocycles. The molecule has 6 heteroatoms. The van der Waals surface area contributed by atoms with E-state index in [1.54, 1.807) is 12.1 Å². The maximum atomic E-state index is 12.7. The van der Waals surface area contributed by atoms with Crippen LogP contribution in [0.3, 0.4) is 0 Å². The Morgan fingerprint density at radius 3 is 2.56 bits per heavy atom. The molecule has 5 nitrogen and oxygen atoms in total. The second-order valence-electron chi connectivity index (χ2n) is 6.29. The molecular formula is C19H23N3O2S. The van der Waals surface area contributed by atoms with Crippen LogP contribution in [0.25, 0.3) is 0 Å². The summed E-state index contributed by atoms with van der Waals surface area (Å²) in [5, 5.41) is 2.99. The zero-order valence-electron chi connectivity index (χ0n) is 14.6. The molecular weight excluding hydrogens is 334 g/mol. The van der Waals surface area contributed by atoms with Crippen LogP contribution in [0.15, 0.2) is 24.3 Å². The third-order valence-corrected chi connectivity index (χ3v) is 5.69. The normalized spacial score (nSPS) is 13.9. The quantitative estimate of drug-likeness (QED) is 0.859. The number of hydrogen-bond acceptors (Lipinski definition) is 4. The Bertz CT molecular complexity index is 807. The van der Waals surface area contributed by atoms with Crippen molar-refractivity contribution in [3.63, 3.8) is 0 Å². The van der Waals surface area contributed by atoms with E-state index in [0.29, 0.717) is 16.1 Å². The van der Waals surface area contributed by atoms with Gasteiger partial charge >= 0.3 is 0 Å². The summed E-state index contributed by atoms with van der Waals surface area (Å²) in [5.41, 5.74) is 8.59. The summed E-state index contributed by atoms with van der Waals surface area (Å²) in [6.45, 7) is 6.02. The molecule has 3 rings (SSSR count). The summed E-state index contributed by atoms with van der Waals surface area (Å²) < 4.78 is 0. The molecule has 0 bridgehead atoms. The van der Waals surface area contributed by atoms with E-state index in [4.69, 9.17) is 5.73 Å². The van der Waals surface area contributed by atoms with Crippen LogP contribution >= 0.6 is 11.3 Å². The first-order valence-corrected chi connectivity index (χ1v) is 9.40. The molecule has 25 heavy (non-hydrogen) atoms. The van der Waals surface area contributed by atoms with Crippen molar-refractivity contribution in [2.75, 3.05) is 23.3 Å². The molecule has 0 radical (unpaired) electrons. The van der Waals surface area contributed by atoms with Gasteiger partial charge in [-0.1, -0.05) is 6.92 Å². The monoisotopic (exact) mass is 357 g/mol. The van der Waals surface area contributed by atoms with E-state index < -0.39 is 5.91 Å². The van der Waals surface area contributed by atoms with Gasteiger partial charge in [0.15, 0.2) is 0 Å². The predicted octanol–water partition coefficient (Wildman–Crippen LogP) is 3.57. The van der Waals surface area contributed by atoms with Gasteiger partial charge in [-0.05, 0) is 56.0 Å². The van der Waals surface area contributed by atoms with Gasteiger partial charge in [0.1, 0.15) is 0 Å². The molecule has 1 aromatic carbocycles. The SMILES string of the molecule is CCc1cc(C(=O)Nc2cc(C(N)=O)ccc2N2CCCC2)sc1C. The molecule has 2 aromatic rings. The number of anilines is 2. The molecule has 3 N–H and O–H groups in total. The largest absolute Gasteiger partial charge is 0.370 e. The second kappa shape index (κ2) is 7.27. The molecule has 1 aromatic heterocycles. The van der Waals surface area contributed by atoms with Crippen molar-refractivity contribution >= 4 is 34.5 Å². The van der Waals surface area contributed by atoms with Crippen LogP contribution in [0.5, 0.6) is 0 Å². The molecule has 132 valence electrons. The van der Waals surface area contributed by atoms with E-state index in [-0.39, 0.29) is 5.91 Å². The molecule has 2 amide bonds. The number of primary amides is 1. The highest BCUT2D eigenvalue weighted by atomic mass is 32.1. The summed E-state index contributed by atoms with van der Waals surface area (Å²) >= 11 is 1.50. The van der Waals surface area contributed by atoms with Gasteiger partial charge in [-0.2, -0.15) is 0 Å². The predicted molar refractivity (Wildman–Crippen MR) is 103 cm³/mol. The van der Waals surface area contributed by atoms with Gasteiger partial charge in [0, 0.05) is 23.5 Å². The molecule has 0 spiro atoms. The van der Waals surface area contributed by atoms with Crippen LogP contribution < -0.4 is 16.0 Å². The van der Waals surface area contributed by atoms with Gasteiger partial charge in [0.05, 0.1) is 16.3 Å². The van der Waals surface area contributed by atoms with Crippen molar-refractivity contribution in [1.82, 2.24) is 0 Å². The number of nitrogens with one attached hydrogen (secondary N) is 1.